The van der Waals surface area contributed by atoms with Gasteiger partial charge in [-0.15, -0.1) is 11.8 Å². The number of nitrogens with zero attached hydrogens (tertiary/aromatic N) is 4. The van der Waals surface area contributed by atoms with Crippen LogP contribution in [-0.2, 0) is 0 Å². The quantitative estimate of drug-likeness (QED) is 0.477. The summed E-state index contributed by atoms with van der Waals surface area (Å²) in [6.45, 7) is 1.26. The number of hydrogen-bond donors (Lipinski definition) is 1. The molecule has 0 bridgehead atoms. The van der Waals surface area contributed by atoms with E-state index in [2.05, 4.69) is 14.9 Å². The van der Waals surface area contributed by atoms with Gasteiger partial charge in [-0.2, -0.15) is 0 Å². The number of hydrogen-bond acceptors (Lipinski definition) is 5. The van der Waals surface area contributed by atoms with Crippen LogP contribution in [-0.4, -0.2) is 44.8 Å². The summed E-state index contributed by atoms with van der Waals surface area (Å²) < 4.78 is 7.72. The van der Waals surface area contributed by atoms with E-state index in [1.807, 2.05) is 59.7 Å². The second-order valence-electron chi connectivity index (χ2n) is 7.18. The van der Waals surface area contributed by atoms with E-state index < -0.39 is 0 Å². The molecule has 4 heterocycles. The first-order chi connectivity index (χ1) is 14.7. The molecule has 30 heavy (non-hydrogen) atoms. The van der Waals surface area contributed by atoms with E-state index >= 15 is 0 Å². The van der Waals surface area contributed by atoms with E-state index in [-0.39, 0.29) is 12.1 Å². The molecule has 0 unspecified atom stereocenters. The zero-order valence-electron chi connectivity index (χ0n) is 16.5. The molecule has 0 spiro atoms. The van der Waals surface area contributed by atoms with Gasteiger partial charge in [0.05, 0.1) is 12.3 Å². The monoisotopic (exact) mass is 419 g/mol. The fourth-order valence-electron chi connectivity index (χ4n) is 3.87. The van der Waals surface area contributed by atoms with Crippen LogP contribution >= 0.6 is 11.8 Å². The number of rotatable bonds is 4. The average molecular weight is 420 g/mol. The summed E-state index contributed by atoms with van der Waals surface area (Å²) >= 11 is 1.68. The van der Waals surface area contributed by atoms with Gasteiger partial charge in [0.2, 0.25) is 0 Å². The maximum absolute atomic E-state index is 12.8. The van der Waals surface area contributed by atoms with Crippen LogP contribution in [0.3, 0.4) is 0 Å². The Kier molecular flexibility index (Phi) is 4.92. The van der Waals surface area contributed by atoms with Crippen molar-refractivity contribution >= 4 is 34.6 Å². The molecule has 152 valence electrons. The van der Waals surface area contributed by atoms with Crippen molar-refractivity contribution in [3.05, 3.63) is 61.0 Å². The number of likely N-dealkylation sites (tertiary alicyclic amines) is 1. The molecule has 1 aromatic carbocycles. The van der Waals surface area contributed by atoms with Crippen LogP contribution in [0.2, 0.25) is 0 Å². The number of nitrogens with one attached hydrogen (secondary N) is 1. The van der Waals surface area contributed by atoms with Gasteiger partial charge in [-0.1, -0.05) is 0 Å². The molecule has 3 aromatic heterocycles. The van der Waals surface area contributed by atoms with Gasteiger partial charge < -0.3 is 19.2 Å². The number of fused-ring (bicyclic) bond motifs is 1. The van der Waals surface area contributed by atoms with Crippen molar-refractivity contribution in [3.63, 3.8) is 0 Å². The van der Waals surface area contributed by atoms with Crippen molar-refractivity contribution in [3.8, 4) is 11.6 Å². The molecule has 1 atom stereocenters. The Hall–Kier alpha value is -3.26. The van der Waals surface area contributed by atoms with Crippen molar-refractivity contribution < 1.29 is 9.21 Å². The second-order valence-corrected chi connectivity index (χ2v) is 8.06. The van der Waals surface area contributed by atoms with Crippen molar-refractivity contribution in [2.24, 2.45) is 0 Å². The number of anilines is 1. The molecule has 0 aliphatic carbocycles. The molecule has 7 nitrogen and oxygen atoms in total. The van der Waals surface area contributed by atoms with Gasteiger partial charge in [-0.05, 0) is 61.2 Å². The molecule has 1 aliphatic heterocycles. The molecule has 0 radical (unpaired) electrons. The van der Waals surface area contributed by atoms with Crippen LogP contribution < -0.4 is 5.32 Å². The van der Waals surface area contributed by atoms with Crippen LogP contribution in [0.1, 0.15) is 12.5 Å². The number of carbonyl (C=O) groups is 1. The molecular weight excluding hydrogens is 398 g/mol. The standard InChI is InChI=1S/C22H21N5O2S/c1-30-17-8-6-15(7-9-17)24-22(28)26-12-10-16(14-26)27-20-18(4-2-11-23-20)25-21(27)19-5-3-13-29-19/h2-9,11,13,16H,10,12,14H2,1H3,(H,24,28)/t16-/m1/s1. The summed E-state index contributed by atoms with van der Waals surface area (Å²) in [4.78, 5) is 25.1. The number of urea groups is 1. The van der Waals surface area contributed by atoms with E-state index in [0.717, 1.165) is 29.1 Å². The van der Waals surface area contributed by atoms with Crippen molar-refractivity contribution in [1.82, 2.24) is 19.4 Å². The Balaban J connectivity index is 1.38. The summed E-state index contributed by atoms with van der Waals surface area (Å²) in [5, 5.41) is 3.00. The van der Waals surface area contributed by atoms with Gasteiger partial charge in [0.15, 0.2) is 17.2 Å². The molecule has 0 saturated carbocycles. The predicted octanol–water partition coefficient (Wildman–Crippen LogP) is 4.89. The third-order valence-corrected chi connectivity index (χ3v) is 6.09. The van der Waals surface area contributed by atoms with Crippen LogP contribution in [0.5, 0.6) is 0 Å². The van der Waals surface area contributed by atoms with Crippen LogP contribution in [0.4, 0.5) is 10.5 Å². The van der Waals surface area contributed by atoms with E-state index in [1.54, 1.807) is 24.2 Å². The lowest BCUT2D eigenvalue weighted by atomic mass is 10.2. The maximum Gasteiger partial charge on any atom is 0.321 e. The fourth-order valence-corrected chi connectivity index (χ4v) is 4.28. The minimum Gasteiger partial charge on any atom is -0.461 e. The van der Waals surface area contributed by atoms with Crippen molar-refractivity contribution in [2.75, 3.05) is 24.7 Å². The van der Waals surface area contributed by atoms with Gasteiger partial charge in [-0.3, -0.25) is 0 Å². The van der Waals surface area contributed by atoms with Crippen molar-refractivity contribution in [2.45, 2.75) is 17.4 Å². The molecule has 1 aliphatic rings. The van der Waals surface area contributed by atoms with Gasteiger partial charge in [0.25, 0.3) is 0 Å². The first-order valence-corrected chi connectivity index (χ1v) is 11.0. The number of carbonyl (C=O) groups excluding carboxylic acids is 1. The highest BCUT2D eigenvalue weighted by atomic mass is 32.2. The first-order valence-electron chi connectivity index (χ1n) is 9.80. The normalized spacial score (nSPS) is 16.3. The number of pyridine rings is 1. The van der Waals surface area contributed by atoms with Gasteiger partial charge in [0, 0.05) is 29.9 Å². The highest BCUT2D eigenvalue weighted by molar-refractivity contribution is 7.98. The minimum absolute atomic E-state index is 0.0783. The number of aromatic nitrogens is 3. The van der Waals surface area contributed by atoms with Crippen LogP contribution in [0, 0.1) is 0 Å². The number of furan rings is 1. The Morgan fingerprint density at radius 1 is 1.20 bits per heavy atom. The van der Waals surface area contributed by atoms with E-state index in [9.17, 15) is 4.79 Å². The largest absolute Gasteiger partial charge is 0.461 e. The molecule has 1 N–H and O–H groups in total. The Bertz CT molecular complexity index is 1170. The molecule has 4 aromatic rings. The molecular formula is C22H21N5O2S. The summed E-state index contributed by atoms with van der Waals surface area (Å²) in [6.07, 6.45) is 6.27. The third kappa shape index (κ3) is 3.43. The number of thioether (sulfide) groups is 1. The van der Waals surface area contributed by atoms with Crippen LogP contribution in [0.25, 0.3) is 22.7 Å². The summed E-state index contributed by atoms with van der Waals surface area (Å²) in [7, 11) is 0. The zero-order valence-corrected chi connectivity index (χ0v) is 17.3. The average Bonchev–Trinajstić information content (AvgIpc) is 3.52. The molecule has 1 fully saturated rings. The zero-order chi connectivity index (χ0) is 20.5. The van der Waals surface area contributed by atoms with Crippen LogP contribution in [0.15, 0.2) is 70.3 Å². The SMILES string of the molecule is CSc1ccc(NC(=O)N2CC[C@@H](n3c(-c4ccco4)nc4cccnc43)C2)cc1. The molecule has 8 heteroatoms. The minimum atomic E-state index is -0.0914. The fraction of sp³-hybridized carbons (Fsp3) is 0.227. The summed E-state index contributed by atoms with van der Waals surface area (Å²) in [6, 6.07) is 15.4. The lowest BCUT2D eigenvalue weighted by molar-refractivity contribution is 0.221. The first kappa shape index (κ1) is 18.7. The molecule has 1 saturated heterocycles. The third-order valence-electron chi connectivity index (χ3n) is 5.35. The lowest BCUT2D eigenvalue weighted by Crippen LogP contribution is -2.33. The van der Waals surface area contributed by atoms with Crippen molar-refractivity contribution in [1.29, 1.82) is 0 Å². The summed E-state index contributed by atoms with van der Waals surface area (Å²) in [5.41, 5.74) is 2.43. The van der Waals surface area contributed by atoms with E-state index in [4.69, 9.17) is 9.40 Å². The maximum atomic E-state index is 12.8. The van der Waals surface area contributed by atoms with E-state index in [0.29, 0.717) is 18.8 Å². The van der Waals surface area contributed by atoms with Gasteiger partial charge >= 0.3 is 6.03 Å². The smallest absolute Gasteiger partial charge is 0.321 e. The molecule has 2 amide bonds. The number of benzene rings is 1. The lowest BCUT2D eigenvalue weighted by Gasteiger charge is -2.19. The highest BCUT2D eigenvalue weighted by Crippen LogP contribution is 2.32. The summed E-state index contributed by atoms with van der Waals surface area (Å²) in [5.74, 6) is 1.44. The topological polar surface area (TPSA) is 76.2 Å². The predicted molar refractivity (Wildman–Crippen MR) is 118 cm³/mol. The van der Waals surface area contributed by atoms with E-state index in [1.165, 1.54) is 4.90 Å². The molecule has 5 rings (SSSR count). The van der Waals surface area contributed by atoms with Gasteiger partial charge in [-0.25, -0.2) is 14.8 Å². The van der Waals surface area contributed by atoms with Gasteiger partial charge in [0.1, 0.15) is 5.52 Å². The number of imidazole rings is 1. The Morgan fingerprint density at radius 3 is 2.83 bits per heavy atom. The Morgan fingerprint density at radius 2 is 2.07 bits per heavy atom. The second kappa shape index (κ2) is 7.87. The highest BCUT2D eigenvalue weighted by Gasteiger charge is 2.31. The number of amides is 2. The Labute approximate surface area is 178 Å².